The molecule has 0 aliphatic carbocycles. The Bertz CT molecular complexity index is 549. The molecule has 1 atom stereocenters. The number of hydrogen-bond acceptors (Lipinski definition) is 2. The lowest BCUT2D eigenvalue weighted by Crippen LogP contribution is -2.26. The van der Waals surface area contributed by atoms with Gasteiger partial charge in [0.1, 0.15) is 0 Å². The maximum absolute atomic E-state index is 11.9. The number of rotatable bonds is 4. The molecule has 0 radical (unpaired) electrons. The van der Waals surface area contributed by atoms with Gasteiger partial charge in [-0.25, -0.2) is 0 Å². The normalized spacial score (nSPS) is 12.3. The molecule has 0 saturated heterocycles. The second-order valence-electron chi connectivity index (χ2n) is 4.46. The van der Waals surface area contributed by atoms with Gasteiger partial charge in [0, 0.05) is 12.1 Å². The van der Waals surface area contributed by atoms with Gasteiger partial charge >= 0.3 is 0 Å². The van der Waals surface area contributed by atoms with E-state index in [-0.39, 0.29) is 12.0 Å². The van der Waals surface area contributed by atoms with Crippen LogP contribution in [-0.2, 0) is 0 Å². The Labute approximate surface area is 106 Å². The molecule has 0 bridgehead atoms. The summed E-state index contributed by atoms with van der Waals surface area (Å²) < 4.78 is 0. The van der Waals surface area contributed by atoms with E-state index in [1.54, 1.807) is 6.92 Å². The minimum Gasteiger partial charge on any atom is -0.393 e. The average Bonchev–Trinajstić information content (AvgIpc) is 2.37. The summed E-state index contributed by atoms with van der Waals surface area (Å²) in [6, 6.07) is 13.6. The molecule has 0 spiro atoms. The molecule has 0 saturated carbocycles. The van der Waals surface area contributed by atoms with Gasteiger partial charge in [0.25, 0.3) is 5.91 Å². The van der Waals surface area contributed by atoms with Crippen molar-refractivity contribution >= 4 is 16.7 Å². The van der Waals surface area contributed by atoms with Crippen molar-refractivity contribution in [1.82, 2.24) is 5.32 Å². The lowest BCUT2D eigenvalue weighted by atomic mass is 10.1. The molecule has 3 heteroatoms. The van der Waals surface area contributed by atoms with Crippen molar-refractivity contribution in [2.75, 3.05) is 6.54 Å². The van der Waals surface area contributed by atoms with Crippen LogP contribution in [0.25, 0.3) is 10.8 Å². The smallest absolute Gasteiger partial charge is 0.251 e. The van der Waals surface area contributed by atoms with Gasteiger partial charge in [0.05, 0.1) is 6.10 Å². The van der Waals surface area contributed by atoms with Crippen molar-refractivity contribution in [3.05, 3.63) is 48.0 Å². The van der Waals surface area contributed by atoms with Crippen molar-refractivity contribution in [1.29, 1.82) is 0 Å². The Morgan fingerprint density at radius 3 is 2.67 bits per heavy atom. The highest BCUT2D eigenvalue weighted by Crippen LogP contribution is 2.15. The minimum absolute atomic E-state index is 0.0959. The van der Waals surface area contributed by atoms with Crippen LogP contribution >= 0.6 is 0 Å². The van der Waals surface area contributed by atoms with Gasteiger partial charge in [-0.1, -0.05) is 30.3 Å². The Morgan fingerprint density at radius 2 is 1.94 bits per heavy atom. The van der Waals surface area contributed by atoms with Gasteiger partial charge in [-0.3, -0.25) is 4.79 Å². The number of fused-ring (bicyclic) bond motifs is 1. The Kier molecular flexibility index (Phi) is 3.95. The Morgan fingerprint density at radius 1 is 1.22 bits per heavy atom. The first-order valence-corrected chi connectivity index (χ1v) is 6.12. The van der Waals surface area contributed by atoms with Crippen LogP contribution in [0.1, 0.15) is 23.7 Å². The molecule has 0 fully saturated rings. The van der Waals surface area contributed by atoms with E-state index in [1.807, 2.05) is 42.5 Å². The molecule has 0 aliphatic rings. The van der Waals surface area contributed by atoms with Crippen molar-refractivity contribution in [2.45, 2.75) is 19.4 Å². The van der Waals surface area contributed by atoms with Gasteiger partial charge in [-0.15, -0.1) is 0 Å². The van der Waals surface area contributed by atoms with E-state index in [0.717, 1.165) is 10.8 Å². The third kappa shape index (κ3) is 3.08. The van der Waals surface area contributed by atoms with Gasteiger partial charge in [-0.2, -0.15) is 0 Å². The summed E-state index contributed by atoms with van der Waals surface area (Å²) in [5.41, 5.74) is 0.652. The zero-order valence-corrected chi connectivity index (χ0v) is 10.4. The summed E-state index contributed by atoms with van der Waals surface area (Å²) in [5.74, 6) is -0.0959. The summed E-state index contributed by atoms with van der Waals surface area (Å²) in [5, 5.41) is 14.1. The first-order valence-electron chi connectivity index (χ1n) is 6.12. The molecule has 94 valence electrons. The summed E-state index contributed by atoms with van der Waals surface area (Å²) in [7, 11) is 0. The molecule has 1 amide bonds. The van der Waals surface area contributed by atoms with Crippen molar-refractivity contribution < 1.29 is 9.90 Å². The predicted octanol–water partition coefficient (Wildman–Crippen LogP) is 2.34. The molecule has 18 heavy (non-hydrogen) atoms. The van der Waals surface area contributed by atoms with E-state index in [1.165, 1.54) is 0 Å². The lowest BCUT2D eigenvalue weighted by Gasteiger charge is -2.07. The SMILES string of the molecule is CC(O)CCNC(=O)c1ccc2ccccc2c1. The quantitative estimate of drug-likeness (QED) is 0.866. The van der Waals surface area contributed by atoms with Crippen molar-refractivity contribution in [3.8, 4) is 0 Å². The number of aliphatic hydroxyl groups excluding tert-OH is 1. The van der Waals surface area contributed by atoms with Crippen molar-refractivity contribution in [2.24, 2.45) is 0 Å². The molecule has 1 unspecified atom stereocenters. The van der Waals surface area contributed by atoms with Gasteiger partial charge in [0.2, 0.25) is 0 Å². The molecule has 0 aromatic heterocycles. The minimum atomic E-state index is -0.387. The third-order valence-electron chi connectivity index (χ3n) is 2.86. The number of amides is 1. The molecule has 2 N–H and O–H groups in total. The molecule has 0 aliphatic heterocycles. The van der Waals surface area contributed by atoms with E-state index in [9.17, 15) is 4.79 Å². The van der Waals surface area contributed by atoms with Crippen LogP contribution in [0.3, 0.4) is 0 Å². The van der Waals surface area contributed by atoms with Crippen molar-refractivity contribution in [3.63, 3.8) is 0 Å². The second kappa shape index (κ2) is 5.65. The molecular formula is C15H17NO2. The fourth-order valence-corrected chi connectivity index (χ4v) is 1.83. The number of nitrogens with one attached hydrogen (secondary N) is 1. The van der Waals surface area contributed by atoms with Gasteiger partial charge in [-0.05, 0) is 36.2 Å². The first-order chi connectivity index (χ1) is 8.66. The van der Waals surface area contributed by atoms with E-state index >= 15 is 0 Å². The fourth-order valence-electron chi connectivity index (χ4n) is 1.83. The number of aliphatic hydroxyl groups is 1. The van der Waals surface area contributed by atoms with E-state index in [2.05, 4.69) is 5.32 Å². The zero-order chi connectivity index (χ0) is 13.0. The highest BCUT2D eigenvalue weighted by atomic mass is 16.3. The molecule has 2 aromatic carbocycles. The molecule has 2 rings (SSSR count). The molecule has 0 heterocycles. The largest absolute Gasteiger partial charge is 0.393 e. The van der Waals surface area contributed by atoms with Gasteiger partial charge < -0.3 is 10.4 Å². The number of hydrogen-bond donors (Lipinski definition) is 2. The Hall–Kier alpha value is -1.87. The molecule has 3 nitrogen and oxygen atoms in total. The van der Waals surface area contributed by atoms with Crippen LogP contribution in [0.5, 0.6) is 0 Å². The predicted molar refractivity (Wildman–Crippen MR) is 72.6 cm³/mol. The highest BCUT2D eigenvalue weighted by molar-refractivity contribution is 5.98. The van der Waals surface area contributed by atoms with E-state index < -0.39 is 0 Å². The van der Waals surface area contributed by atoms with Crippen LogP contribution in [0.4, 0.5) is 0 Å². The number of carbonyl (C=O) groups excluding carboxylic acids is 1. The third-order valence-corrected chi connectivity index (χ3v) is 2.86. The zero-order valence-electron chi connectivity index (χ0n) is 10.4. The van der Waals surface area contributed by atoms with E-state index in [0.29, 0.717) is 18.5 Å². The van der Waals surface area contributed by atoms with Crippen LogP contribution in [0.2, 0.25) is 0 Å². The lowest BCUT2D eigenvalue weighted by molar-refractivity contribution is 0.0945. The number of carbonyl (C=O) groups is 1. The summed E-state index contributed by atoms with van der Waals surface area (Å²) in [6.07, 6.45) is 0.182. The maximum atomic E-state index is 11.9. The second-order valence-corrected chi connectivity index (χ2v) is 4.46. The Balaban J connectivity index is 2.08. The topological polar surface area (TPSA) is 49.3 Å². The average molecular weight is 243 g/mol. The molecule has 2 aromatic rings. The highest BCUT2D eigenvalue weighted by Gasteiger charge is 2.06. The maximum Gasteiger partial charge on any atom is 0.251 e. The fraction of sp³-hybridized carbons (Fsp3) is 0.267. The van der Waals surface area contributed by atoms with E-state index in [4.69, 9.17) is 5.11 Å². The monoisotopic (exact) mass is 243 g/mol. The summed E-state index contributed by atoms with van der Waals surface area (Å²) >= 11 is 0. The van der Waals surface area contributed by atoms with Crippen LogP contribution in [0, 0.1) is 0 Å². The molecular weight excluding hydrogens is 226 g/mol. The van der Waals surface area contributed by atoms with Crippen LogP contribution < -0.4 is 5.32 Å². The summed E-state index contributed by atoms with van der Waals surface area (Å²) in [6.45, 7) is 2.20. The number of benzene rings is 2. The van der Waals surface area contributed by atoms with Gasteiger partial charge in [0.15, 0.2) is 0 Å². The van der Waals surface area contributed by atoms with Crippen LogP contribution in [-0.4, -0.2) is 23.7 Å². The van der Waals surface area contributed by atoms with Crippen LogP contribution in [0.15, 0.2) is 42.5 Å². The standard InChI is InChI=1S/C15H17NO2/c1-11(17)8-9-16-15(18)14-7-6-12-4-2-3-5-13(12)10-14/h2-7,10-11,17H,8-9H2,1H3,(H,16,18). The first kappa shape index (κ1) is 12.6. The summed E-state index contributed by atoms with van der Waals surface area (Å²) in [4.78, 5) is 11.9.